The molecule has 4 rings (SSSR count). The van der Waals surface area contributed by atoms with Crippen molar-refractivity contribution in [1.29, 1.82) is 0 Å². The molecule has 3 heterocycles. The van der Waals surface area contributed by atoms with Gasteiger partial charge in [-0.3, -0.25) is 9.78 Å². The fourth-order valence-electron chi connectivity index (χ4n) is 2.82. The van der Waals surface area contributed by atoms with Crippen LogP contribution in [0.15, 0.2) is 17.2 Å². The zero-order chi connectivity index (χ0) is 16.7. The maximum Gasteiger partial charge on any atom is 0.358 e. The van der Waals surface area contributed by atoms with Crippen LogP contribution in [0.5, 0.6) is 0 Å². The Balaban J connectivity index is 1.56. The quantitative estimate of drug-likeness (QED) is 0.730. The first-order valence-electron chi connectivity index (χ1n) is 7.61. The van der Waals surface area contributed by atoms with Gasteiger partial charge in [-0.1, -0.05) is 0 Å². The topological polar surface area (TPSA) is 97.8 Å². The Labute approximate surface area is 140 Å². The molecule has 0 spiro atoms. The zero-order valence-electron chi connectivity index (χ0n) is 13.0. The predicted molar refractivity (Wildman–Crippen MR) is 88.2 cm³/mol. The summed E-state index contributed by atoms with van der Waals surface area (Å²) in [6, 6.07) is 0. The Hall–Kier alpha value is -2.61. The molecule has 122 valence electrons. The molecule has 0 saturated carbocycles. The van der Waals surface area contributed by atoms with E-state index >= 15 is 0 Å². The number of rotatable bonds is 3. The second kappa shape index (κ2) is 5.79. The van der Waals surface area contributed by atoms with Gasteiger partial charge in [-0.2, -0.15) is 0 Å². The molecule has 0 amide bonds. The lowest BCUT2D eigenvalue weighted by Crippen LogP contribution is -2.15. The molecular weight excluding hydrogens is 328 g/mol. The van der Waals surface area contributed by atoms with Crippen molar-refractivity contribution in [1.82, 2.24) is 19.9 Å². The highest BCUT2D eigenvalue weighted by molar-refractivity contribution is 7.18. The van der Waals surface area contributed by atoms with Gasteiger partial charge in [0.25, 0.3) is 5.56 Å². The van der Waals surface area contributed by atoms with Crippen LogP contribution in [0, 0.1) is 6.92 Å². The monoisotopic (exact) mass is 342 g/mol. The minimum atomic E-state index is -0.598. The summed E-state index contributed by atoms with van der Waals surface area (Å²) < 4.78 is 5.17. The van der Waals surface area contributed by atoms with Gasteiger partial charge in [-0.05, 0) is 31.7 Å². The summed E-state index contributed by atoms with van der Waals surface area (Å²) in [5.41, 5.74) is 1.80. The molecule has 0 radical (unpaired) electrons. The number of aromatic amines is 1. The Morgan fingerprint density at radius 2 is 2.21 bits per heavy atom. The van der Waals surface area contributed by atoms with Gasteiger partial charge >= 0.3 is 5.97 Å². The minimum Gasteiger partial charge on any atom is -0.453 e. The molecule has 1 aliphatic rings. The molecule has 0 fully saturated rings. The number of aromatic nitrogens is 4. The number of thiophene rings is 1. The maximum atomic E-state index is 12.3. The van der Waals surface area contributed by atoms with Crippen molar-refractivity contribution in [3.05, 3.63) is 50.4 Å². The summed E-state index contributed by atoms with van der Waals surface area (Å²) in [7, 11) is 0. The highest BCUT2D eigenvalue weighted by Gasteiger charge is 2.21. The Morgan fingerprint density at radius 1 is 1.33 bits per heavy atom. The molecule has 24 heavy (non-hydrogen) atoms. The van der Waals surface area contributed by atoms with Gasteiger partial charge in [0.15, 0.2) is 5.69 Å². The van der Waals surface area contributed by atoms with Gasteiger partial charge in [0.1, 0.15) is 17.3 Å². The summed E-state index contributed by atoms with van der Waals surface area (Å²) in [6.07, 6.45) is 5.89. The van der Waals surface area contributed by atoms with E-state index in [4.69, 9.17) is 4.74 Å². The van der Waals surface area contributed by atoms with E-state index in [0.717, 1.165) is 24.8 Å². The Kier molecular flexibility index (Phi) is 3.61. The van der Waals surface area contributed by atoms with E-state index in [-0.39, 0.29) is 17.9 Å². The zero-order valence-corrected chi connectivity index (χ0v) is 13.8. The average Bonchev–Trinajstić information content (AvgIpc) is 3.13. The lowest BCUT2D eigenvalue weighted by atomic mass is 10.2. The van der Waals surface area contributed by atoms with Crippen LogP contribution in [0.4, 0.5) is 0 Å². The number of ether oxygens (including phenoxy) is 1. The van der Waals surface area contributed by atoms with E-state index in [1.807, 2.05) is 0 Å². The molecule has 1 aliphatic carbocycles. The Morgan fingerprint density at radius 3 is 3.00 bits per heavy atom. The summed E-state index contributed by atoms with van der Waals surface area (Å²) in [5.74, 6) is -0.264. The second-order valence-electron chi connectivity index (χ2n) is 5.67. The maximum absolute atomic E-state index is 12.3. The van der Waals surface area contributed by atoms with Crippen LogP contribution < -0.4 is 5.56 Å². The van der Waals surface area contributed by atoms with Crippen LogP contribution in [-0.2, 0) is 24.2 Å². The van der Waals surface area contributed by atoms with Gasteiger partial charge in [0.2, 0.25) is 0 Å². The fraction of sp³-hybridized carbons (Fsp3) is 0.312. The van der Waals surface area contributed by atoms with E-state index in [1.54, 1.807) is 18.3 Å². The number of carbonyl (C=O) groups excluding carboxylic acids is 1. The highest BCUT2D eigenvalue weighted by Crippen LogP contribution is 2.34. The summed E-state index contributed by atoms with van der Waals surface area (Å²) in [4.78, 5) is 41.3. The third-order valence-corrected chi connectivity index (χ3v) is 5.14. The first-order chi connectivity index (χ1) is 11.6. The SMILES string of the molecule is Cc1cnc(C(=O)OCc2nc3sc4c(c3c(=O)[nH]2)CCC4)cn1. The standard InChI is InChI=1S/C16H14N4O3S/c1-8-5-18-10(6-17-8)16(22)23-7-12-19-14(21)13-9-3-2-4-11(9)24-15(13)20-12/h5-6H,2-4,7H2,1H3,(H,19,20,21). The number of esters is 1. The third-order valence-electron chi connectivity index (χ3n) is 3.95. The van der Waals surface area contributed by atoms with Crippen molar-refractivity contribution in [3.8, 4) is 0 Å². The smallest absolute Gasteiger partial charge is 0.358 e. The molecular formula is C16H14N4O3S. The number of carbonyl (C=O) groups is 1. The molecule has 0 bridgehead atoms. The van der Waals surface area contributed by atoms with Gasteiger partial charge in [0.05, 0.1) is 17.3 Å². The lowest BCUT2D eigenvalue weighted by Gasteiger charge is -2.04. The van der Waals surface area contributed by atoms with Crippen LogP contribution in [0.3, 0.4) is 0 Å². The molecule has 0 atom stereocenters. The number of hydrogen-bond donors (Lipinski definition) is 1. The largest absolute Gasteiger partial charge is 0.453 e. The number of nitrogens with one attached hydrogen (secondary N) is 1. The van der Waals surface area contributed by atoms with Crippen LogP contribution >= 0.6 is 11.3 Å². The normalized spacial score (nSPS) is 13.2. The summed E-state index contributed by atoms with van der Waals surface area (Å²) in [5, 5.41) is 0.687. The molecule has 3 aromatic rings. The van der Waals surface area contributed by atoms with Gasteiger partial charge < -0.3 is 9.72 Å². The fourth-order valence-corrected chi connectivity index (χ4v) is 4.10. The first kappa shape index (κ1) is 14.9. The molecule has 3 aromatic heterocycles. The lowest BCUT2D eigenvalue weighted by molar-refractivity contribution is 0.0455. The number of H-pyrrole nitrogens is 1. The van der Waals surface area contributed by atoms with E-state index in [9.17, 15) is 9.59 Å². The van der Waals surface area contributed by atoms with Crippen LogP contribution in [0.2, 0.25) is 0 Å². The Bertz CT molecular complexity index is 991. The summed E-state index contributed by atoms with van der Waals surface area (Å²) >= 11 is 1.55. The second-order valence-corrected chi connectivity index (χ2v) is 6.75. The van der Waals surface area contributed by atoms with Crippen LogP contribution in [-0.4, -0.2) is 25.9 Å². The van der Waals surface area contributed by atoms with Crippen molar-refractivity contribution in [2.75, 3.05) is 0 Å². The van der Waals surface area contributed by atoms with Gasteiger partial charge in [-0.15, -0.1) is 11.3 Å². The summed E-state index contributed by atoms with van der Waals surface area (Å²) in [6.45, 7) is 1.67. The molecule has 0 aromatic carbocycles. The van der Waals surface area contributed by atoms with E-state index < -0.39 is 5.97 Å². The van der Waals surface area contributed by atoms with Crippen molar-refractivity contribution >= 4 is 27.5 Å². The van der Waals surface area contributed by atoms with E-state index in [2.05, 4.69) is 19.9 Å². The van der Waals surface area contributed by atoms with E-state index in [1.165, 1.54) is 17.3 Å². The molecule has 0 aliphatic heterocycles. The number of fused-ring (bicyclic) bond motifs is 3. The minimum absolute atomic E-state index is 0.109. The molecule has 1 N–H and O–H groups in total. The number of aryl methyl sites for hydroxylation is 3. The molecule has 0 unspecified atom stereocenters. The molecule has 0 saturated heterocycles. The van der Waals surface area contributed by atoms with Crippen molar-refractivity contribution < 1.29 is 9.53 Å². The van der Waals surface area contributed by atoms with Crippen molar-refractivity contribution in [3.63, 3.8) is 0 Å². The van der Waals surface area contributed by atoms with Crippen molar-refractivity contribution in [2.24, 2.45) is 0 Å². The van der Waals surface area contributed by atoms with Crippen molar-refractivity contribution in [2.45, 2.75) is 32.8 Å². The van der Waals surface area contributed by atoms with Crippen LogP contribution in [0.1, 0.15) is 38.9 Å². The molecule has 8 heteroatoms. The highest BCUT2D eigenvalue weighted by atomic mass is 32.1. The first-order valence-corrected chi connectivity index (χ1v) is 8.42. The van der Waals surface area contributed by atoms with Gasteiger partial charge in [-0.25, -0.2) is 14.8 Å². The average molecular weight is 342 g/mol. The van der Waals surface area contributed by atoms with Gasteiger partial charge in [0, 0.05) is 11.1 Å². The molecule has 7 nitrogen and oxygen atoms in total. The number of hydrogen-bond acceptors (Lipinski definition) is 7. The number of nitrogens with zero attached hydrogens (tertiary/aromatic N) is 3. The third kappa shape index (κ3) is 2.58. The van der Waals surface area contributed by atoms with Crippen LogP contribution in [0.25, 0.3) is 10.2 Å². The van der Waals surface area contributed by atoms with E-state index in [0.29, 0.717) is 21.7 Å². The predicted octanol–water partition coefficient (Wildman–Crippen LogP) is 1.93.